The molecule has 16 heavy (non-hydrogen) atoms. The van der Waals surface area contributed by atoms with Crippen molar-refractivity contribution in [3.05, 3.63) is 0 Å². The summed E-state index contributed by atoms with van der Waals surface area (Å²) in [6.07, 6.45) is 1.40. The summed E-state index contributed by atoms with van der Waals surface area (Å²) in [5, 5.41) is 0.183. The first kappa shape index (κ1) is 11.5. The molecule has 0 aromatic heterocycles. The molecule has 0 radical (unpaired) electrons. The van der Waals surface area contributed by atoms with E-state index in [1.165, 1.54) is 0 Å². The van der Waals surface area contributed by atoms with Crippen LogP contribution in [0.15, 0.2) is 0 Å². The van der Waals surface area contributed by atoms with Crippen molar-refractivity contribution in [3.8, 4) is 0 Å². The van der Waals surface area contributed by atoms with E-state index in [4.69, 9.17) is 16.3 Å². The summed E-state index contributed by atoms with van der Waals surface area (Å²) < 4.78 is 14.4. The largest absolute Gasteiger partial charge is 0.509 e. The minimum Gasteiger partial charge on any atom is -0.460 e. The summed E-state index contributed by atoms with van der Waals surface area (Å²) >= 11 is 5.93. The molecule has 1 aliphatic heterocycles. The number of carbonyl (C=O) groups is 2. The Balaban J connectivity index is 1.77. The Morgan fingerprint density at radius 1 is 1.31 bits per heavy atom. The van der Waals surface area contributed by atoms with Crippen molar-refractivity contribution in [2.24, 2.45) is 0 Å². The zero-order chi connectivity index (χ0) is 11.5. The second-order valence-corrected chi connectivity index (χ2v) is 4.60. The van der Waals surface area contributed by atoms with E-state index in [-0.39, 0.29) is 18.1 Å². The van der Waals surface area contributed by atoms with Crippen LogP contribution in [0.3, 0.4) is 0 Å². The average Bonchev–Trinajstić information content (AvgIpc) is 2.68. The lowest BCUT2D eigenvalue weighted by atomic mass is 9.97. The van der Waals surface area contributed by atoms with Gasteiger partial charge in [0, 0.05) is 5.38 Å². The van der Waals surface area contributed by atoms with E-state index in [0.29, 0.717) is 0 Å². The minimum absolute atomic E-state index is 0.0531. The topological polar surface area (TPSA) is 61.8 Å². The van der Waals surface area contributed by atoms with Gasteiger partial charge in [0.1, 0.15) is 12.7 Å². The van der Waals surface area contributed by atoms with Gasteiger partial charge >= 0.3 is 12.1 Å². The smallest absolute Gasteiger partial charge is 0.460 e. The number of cyclic esters (lactones) is 2. The first-order chi connectivity index (χ1) is 7.65. The maximum Gasteiger partial charge on any atom is 0.509 e. The molecule has 0 amide bonds. The Hall–Kier alpha value is -0.970. The van der Waals surface area contributed by atoms with Crippen molar-refractivity contribution in [3.63, 3.8) is 0 Å². The van der Waals surface area contributed by atoms with Crippen LogP contribution in [0.5, 0.6) is 0 Å². The van der Waals surface area contributed by atoms with Gasteiger partial charge in [0.2, 0.25) is 6.10 Å². The molecule has 2 fully saturated rings. The Kier molecular flexibility index (Phi) is 3.53. The van der Waals surface area contributed by atoms with Crippen molar-refractivity contribution in [1.29, 1.82) is 0 Å². The molecule has 0 aromatic rings. The van der Waals surface area contributed by atoms with Gasteiger partial charge in [-0.3, -0.25) is 0 Å². The summed E-state index contributed by atoms with van der Waals surface area (Å²) in [7, 11) is 0. The van der Waals surface area contributed by atoms with Crippen LogP contribution < -0.4 is 0 Å². The number of halogens is 1. The molecule has 6 heteroatoms. The highest BCUT2D eigenvalue weighted by Gasteiger charge is 2.35. The third-order valence-electron chi connectivity index (χ3n) is 2.74. The second-order valence-electron chi connectivity index (χ2n) is 3.98. The standard InChI is InChI=1S/C10H13ClO5/c11-6-1-3-7(4-2-6)15-9(12)8-5-14-10(13)16-8/h6-8H,1-5H2. The van der Waals surface area contributed by atoms with Crippen LogP contribution in [0.2, 0.25) is 0 Å². The van der Waals surface area contributed by atoms with Crippen LogP contribution in [0.25, 0.3) is 0 Å². The molecule has 0 spiro atoms. The number of rotatable bonds is 2. The molecule has 1 heterocycles. The van der Waals surface area contributed by atoms with E-state index in [1.807, 2.05) is 0 Å². The summed E-state index contributed by atoms with van der Waals surface area (Å²) in [5.74, 6) is -0.524. The highest BCUT2D eigenvalue weighted by Crippen LogP contribution is 2.25. The number of esters is 1. The van der Waals surface area contributed by atoms with Crippen LogP contribution in [-0.2, 0) is 19.0 Å². The van der Waals surface area contributed by atoms with Gasteiger partial charge in [0.15, 0.2) is 0 Å². The highest BCUT2D eigenvalue weighted by atomic mass is 35.5. The fourth-order valence-electron chi connectivity index (χ4n) is 1.82. The van der Waals surface area contributed by atoms with Gasteiger partial charge in [-0.1, -0.05) is 0 Å². The third kappa shape index (κ3) is 2.78. The van der Waals surface area contributed by atoms with Crippen LogP contribution in [0.4, 0.5) is 4.79 Å². The molecule has 5 nitrogen and oxygen atoms in total. The van der Waals surface area contributed by atoms with E-state index in [2.05, 4.69) is 9.47 Å². The molecule has 1 saturated carbocycles. The number of alkyl halides is 1. The van der Waals surface area contributed by atoms with E-state index in [1.54, 1.807) is 0 Å². The molecule has 0 aromatic carbocycles. The lowest BCUT2D eigenvalue weighted by molar-refractivity contribution is -0.158. The van der Waals surface area contributed by atoms with E-state index >= 15 is 0 Å². The summed E-state index contributed by atoms with van der Waals surface area (Å²) in [6.45, 7) is -0.0531. The fraction of sp³-hybridized carbons (Fsp3) is 0.800. The average molecular weight is 249 g/mol. The molecule has 0 bridgehead atoms. The lowest BCUT2D eigenvalue weighted by Gasteiger charge is -2.25. The van der Waals surface area contributed by atoms with Gasteiger partial charge in [-0.05, 0) is 25.7 Å². The quantitative estimate of drug-likeness (QED) is 0.549. The summed E-state index contributed by atoms with van der Waals surface area (Å²) in [4.78, 5) is 22.2. The first-order valence-corrected chi connectivity index (χ1v) is 5.77. The van der Waals surface area contributed by atoms with Gasteiger partial charge in [0.05, 0.1) is 0 Å². The van der Waals surface area contributed by atoms with Crippen molar-refractivity contribution in [2.75, 3.05) is 6.61 Å². The predicted molar refractivity (Wildman–Crippen MR) is 54.2 cm³/mol. The van der Waals surface area contributed by atoms with Crippen LogP contribution in [0, 0.1) is 0 Å². The van der Waals surface area contributed by atoms with Crippen LogP contribution in [0.1, 0.15) is 25.7 Å². The Labute approximate surface area is 98.0 Å². The molecule has 1 aliphatic carbocycles. The van der Waals surface area contributed by atoms with Crippen LogP contribution >= 0.6 is 11.6 Å². The summed E-state index contributed by atoms with van der Waals surface area (Å²) in [5.41, 5.74) is 0. The maximum absolute atomic E-state index is 11.5. The zero-order valence-corrected chi connectivity index (χ0v) is 9.44. The van der Waals surface area contributed by atoms with Gasteiger partial charge in [-0.25, -0.2) is 9.59 Å². The van der Waals surface area contributed by atoms with Gasteiger partial charge < -0.3 is 14.2 Å². The first-order valence-electron chi connectivity index (χ1n) is 5.33. The number of hydrogen-bond donors (Lipinski definition) is 0. The van der Waals surface area contributed by atoms with Crippen molar-refractivity contribution in [2.45, 2.75) is 43.3 Å². The second kappa shape index (κ2) is 4.91. The van der Waals surface area contributed by atoms with E-state index in [0.717, 1.165) is 25.7 Å². The lowest BCUT2D eigenvalue weighted by Crippen LogP contribution is -2.32. The Morgan fingerprint density at radius 3 is 2.56 bits per heavy atom. The molecule has 90 valence electrons. The van der Waals surface area contributed by atoms with E-state index in [9.17, 15) is 9.59 Å². The molecule has 2 rings (SSSR count). The molecule has 1 atom stereocenters. The van der Waals surface area contributed by atoms with Crippen LogP contribution in [-0.4, -0.2) is 36.3 Å². The monoisotopic (exact) mass is 248 g/mol. The van der Waals surface area contributed by atoms with Gasteiger partial charge in [-0.15, -0.1) is 11.6 Å². The third-order valence-corrected chi connectivity index (χ3v) is 3.18. The highest BCUT2D eigenvalue weighted by molar-refractivity contribution is 6.20. The molecular weight excluding hydrogens is 236 g/mol. The molecule has 1 saturated heterocycles. The molecule has 2 aliphatic rings. The number of ether oxygens (including phenoxy) is 3. The van der Waals surface area contributed by atoms with Crippen molar-refractivity contribution < 1.29 is 23.8 Å². The van der Waals surface area contributed by atoms with Crippen molar-refractivity contribution >= 4 is 23.7 Å². The van der Waals surface area contributed by atoms with Gasteiger partial charge in [0.25, 0.3) is 0 Å². The Morgan fingerprint density at radius 2 is 2.00 bits per heavy atom. The number of hydrogen-bond acceptors (Lipinski definition) is 5. The normalized spacial score (nSPS) is 34.1. The minimum atomic E-state index is -0.902. The van der Waals surface area contributed by atoms with Crippen molar-refractivity contribution in [1.82, 2.24) is 0 Å². The predicted octanol–water partition coefficient (Wildman–Crippen LogP) is 1.61. The zero-order valence-electron chi connectivity index (χ0n) is 8.69. The Bertz CT molecular complexity index is 285. The maximum atomic E-state index is 11.5. The molecule has 0 N–H and O–H groups in total. The molecule has 1 unspecified atom stereocenters. The van der Waals surface area contributed by atoms with E-state index < -0.39 is 18.2 Å². The SMILES string of the molecule is O=C1OCC(C(=O)OC2CCC(Cl)CC2)O1. The number of carbonyl (C=O) groups excluding carboxylic acids is 2. The summed E-state index contributed by atoms with van der Waals surface area (Å²) in [6, 6.07) is 0. The van der Waals surface area contributed by atoms with Gasteiger partial charge in [-0.2, -0.15) is 0 Å². The molecular formula is C10H13ClO5. The fourth-order valence-corrected chi connectivity index (χ4v) is 2.08.